The van der Waals surface area contributed by atoms with Crippen molar-refractivity contribution in [1.29, 1.82) is 0 Å². The van der Waals surface area contributed by atoms with Gasteiger partial charge in [0.25, 0.3) is 0 Å². The largest absolute Gasteiger partial charge is 0.309 e. The van der Waals surface area contributed by atoms with Crippen LogP contribution in [0.5, 0.6) is 0 Å². The zero-order valence-corrected chi connectivity index (χ0v) is 10.7. The Morgan fingerprint density at radius 3 is 2.83 bits per heavy atom. The van der Waals surface area contributed by atoms with Crippen molar-refractivity contribution in [3.05, 3.63) is 53.6 Å². The molecule has 0 aliphatic carbocycles. The Hall–Kier alpha value is -1.68. The van der Waals surface area contributed by atoms with Gasteiger partial charge in [-0.1, -0.05) is 19.1 Å². The number of aromatic nitrogens is 2. The fourth-order valence-corrected chi connectivity index (χ4v) is 2.15. The van der Waals surface area contributed by atoms with Gasteiger partial charge in [0, 0.05) is 13.2 Å². The summed E-state index contributed by atoms with van der Waals surface area (Å²) >= 11 is 0. The van der Waals surface area contributed by atoms with Crippen LogP contribution in [0.4, 0.5) is 4.39 Å². The van der Waals surface area contributed by atoms with Crippen LogP contribution in [-0.2, 0) is 13.5 Å². The summed E-state index contributed by atoms with van der Waals surface area (Å²) in [7, 11) is 1.92. The standard InChI is InChI=1S/C14H18FN3/c1-3-16-13(14-7-8-17-18(14)2)10-11-5-4-6-12(15)9-11/h4-9,13,16H,3,10H2,1-2H3. The molecular formula is C14H18FN3. The van der Waals surface area contributed by atoms with E-state index in [-0.39, 0.29) is 11.9 Å². The van der Waals surface area contributed by atoms with E-state index in [1.807, 2.05) is 23.9 Å². The molecule has 0 radical (unpaired) electrons. The van der Waals surface area contributed by atoms with Gasteiger partial charge in [0.15, 0.2) is 0 Å². The summed E-state index contributed by atoms with van der Waals surface area (Å²) in [6.07, 6.45) is 2.54. The molecule has 0 amide bonds. The van der Waals surface area contributed by atoms with Crippen LogP contribution in [0.2, 0.25) is 0 Å². The number of benzene rings is 1. The Balaban J connectivity index is 2.19. The van der Waals surface area contributed by atoms with Crippen LogP contribution in [0.15, 0.2) is 36.5 Å². The lowest BCUT2D eigenvalue weighted by atomic mass is 10.0. The molecule has 0 fully saturated rings. The molecule has 96 valence electrons. The second kappa shape index (κ2) is 5.78. The van der Waals surface area contributed by atoms with Crippen LogP contribution in [0.25, 0.3) is 0 Å². The number of hydrogen-bond donors (Lipinski definition) is 1. The Morgan fingerprint density at radius 2 is 2.22 bits per heavy atom. The zero-order valence-electron chi connectivity index (χ0n) is 10.7. The first kappa shape index (κ1) is 12.8. The van der Waals surface area contributed by atoms with E-state index in [1.54, 1.807) is 18.3 Å². The molecule has 2 rings (SSSR count). The van der Waals surface area contributed by atoms with E-state index in [4.69, 9.17) is 0 Å². The molecule has 1 aromatic heterocycles. The van der Waals surface area contributed by atoms with Gasteiger partial charge in [-0.05, 0) is 36.7 Å². The summed E-state index contributed by atoms with van der Waals surface area (Å²) in [6, 6.07) is 8.90. The van der Waals surface area contributed by atoms with Crippen molar-refractivity contribution in [3.63, 3.8) is 0 Å². The highest BCUT2D eigenvalue weighted by Crippen LogP contribution is 2.18. The molecule has 1 heterocycles. The number of hydrogen-bond acceptors (Lipinski definition) is 2. The molecule has 0 saturated heterocycles. The van der Waals surface area contributed by atoms with Crippen LogP contribution in [-0.4, -0.2) is 16.3 Å². The molecular weight excluding hydrogens is 229 g/mol. The maximum Gasteiger partial charge on any atom is 0.123 e. The second-order valence-corrected chi connectivity index (χ2v) is 4.32. The molecule has 3 nitrogen and oxygen atoms in total. The van der Waals surface area contributed by atoms with Gasteiger partial charge >= 0.3 is 0 Å². The molecule has 4 heteroatoms. The van der Waals surface area contributed by atoms with E-state index in [9.17, 15) is 4.39 Å². The molecule has 0 spiro atoms. The highest BCUT2D eigenvalue weighted by atomic mass is 19.1. The Kier molecular flexibility index (Phi) is 4.10. The highest BCUT2D eigenvalue weighted by molar-refractivity contribution is 5.20. The first-order chi connectivity index (χ1) is 8.70. The minimum Gasteiger partial charge on any atom is -0.309 e. The average molecular weight is 247 g/mol. The van der Waals surface area contributed by atoms with Crippen molar-refractivity contribution in [1.82, 2.24) is 15.1 Å². The van der Waals surface area contributed by atoms with Gasteiger partial charge < -0.3 is 5.32 Å². The topological polar surface area (TPSA) is 29.9 Å². The maximum atomic E-state index is 13.2. The number of rotatable bonds is 5. The minimum atomic E-state index is -0.187. The fourth-order valence-electron chi connectivity index (χ4n) is 2.15. The Morgan fingerprint density at radius 1 is 1.39 bits per heavy atom. The predicted molar refractivity (Wildman–Crippen MR) is 69.7 cm³/mol. The third-order valence-corrected chi connectivity index (χ3v) is 3.00. The van der Waals surface area contributed by atoms with Crippen molar-refractivity contribution >= 4 is 0 Å². The van der Waals surface area contributed by atoms with Gasteiger partial charge in [-0.25, -0.2) is 4.39 Å². The SMILES string of the molecule is CCNC(Cc1cccc(F)c1)c1ccnn1C. The number of likely N-dealkylation sites (N-methyl/N-ethyl adjacent to an activating group) is 1. The van der Waals surface area contributed by atoms with Crippen molar-refractivity contribution < 1.29 is 4.39 Å². The molecule has 1 aromatic carbocycles. The van der Waals surface area contributed by atoms with E-state index < -0.39 is 0 Å². The summed E-state index contributed by atoms with van der Waals surface area (Å²) in [5.74, 6) is -0.187. The molecule has 1 atom stereocenters. The maximum absolute atomic E-state index is 13.2. The summed E-state index contributed by atoms with van der Waals surface area (Å²) in [5.41, 5.74) is 2.10. The lowest BCUT2D eigenvalue weighted by molar-refractivity contribution is 0.506. The van der Waals surface area contributed by atoms with Gasteiger partial charge in [0.2, 0.25) is 0 Å². The number of halogens is 1. The van der Waals surface area contributed by atoms with Crippen LogP contribution >= 0.6 is 0 Å². The Bertz CT molecular complexity index is 507. The van der Waals surface area contributed by atoms with Gasteiger partial charge in [-0.15, -0.1) is 0 Å². The fraction of sp³-hybridized carbons (Fsp3) is 0.357. The monoisotopic (exact) mass is 247 g/mol. The van der Waals surface area contributed by atoms with E-state index >= 15 is 0 Å². The van der Waals surface area contributed by atoms with Crippen molar-refractivity contribution in [2.24, 2.45) is 7.05 Å². The first-order valence-corrected chi connectivity index (χ1v) is 6.16. The average Bonchev–Trinajstić information content (AvgIpc) is 2.75. The van der Waals surface area contributed by atoms with Crippen molar-refractivity contribution in [2.75, 3.05) is 6.54 Å². The second-order valence-electron chi connectivity index (χ2n) is 4.32. The summed E-state index contributed by atoms with van der Waals surface area (Å²) in [5, 5.41) is 7.59. The van der Waals surface area contributed by atoms with E-state index in [0.29, 0.717) is 0 Å². The van der Waals surface area contributed by atoms with Gasteiger partial charge in [0.05, 0.1) is 11.7 Å². The third-order valence-electron chi connectivity index (χ3n) is 3.00. The molecule has 0 saturated carbocycles. The summed E-state index contributed by atoms with van der Waals surface area (Å²) < 4.78 is 15.0. The molecule has 0 bridgehead atoms. The Labute approximate surface area is 107 Å². The molecule has 0 aliphatic rings. The van der Waals surface area contributed by atoms with E-state index in [2.05, 4.69) is 17.3 Å². The third kappa shape index (κ3) is 2.96. The number of nitrogens with zero attached hydrogens (tertiary/aromatic N) is 2. The first-order valence-electron chi connectivity index (χ1n) is 6.16. The highest BCUT2D eigenvalue weighted by Gasteiger charge is 2.14. The van der Waals surface area contributed by atoms with Crippen LogP contribution in [0.1, 0.15) is 24.2 Å². The van der Waals surface area contributed by atoms with Crippen molar-refractivity contribution in [2.45, 2.75) is 19.4 Å². The van der Waals surface area contributed by atoms with Gasteiger partial charge in [-0.3, -0.25) is 4.68 Å². The van der Waals surface area contributed by atoms with Crippen LogP contribution in [0.3, 0.4) is 0 Å². The van der Waals surface area contributed by atoms with Gasteiger partial charge in [-0.2, -0.15) is 5.10 Å². The van der Waals surface area contributed by atoms with Gasteiger partial charge in [0.1, 0.15) is 5.82 Å². The molecule has 18 heavy (non-hydrogen) atoms. The number of aryl methyl sites for hydroxylation is 1. The van der Waals surface area contributed by atoms with Crippen LogP contribution < -0.4 is 5.32 Å². The zero-order chi connectivity index (χ0) is 13.0. The molecule has 2 aromatic rings. The smallest absolute Gasteiger partial charge is 0.123 e. The minimum absolute atomic E-state index is 0.157. The molecule has 1 N–H and O–H groups in total. The lowest BCUT2D eigenvalue weighted by Crippen LogP contribution is -2.25. The van der Waals surface area contributed by atoms with E-state index in [0.717, 1.165) is 24.2 Å². The quantitative estimate of drug-likeness (QED) is 0.879. The number of nitrogens with one attached hydrogen (secondary N) is 1. The molecule has 1 unspecified atom stereocenters. The van der Waals surface area contributed by atoms with Crippen LogP contribution in [0, 0.1) is 5.82 Å². The normalized spacial score (nSPS) is 12.6. The predicted octanol–water partition coefficient (Wildman–Crippen LogP) is 2.45. The summed E-state index contributed by atoms with van der Waals surface area (Å²) in [4.78, 5) is 0. The summed E-state index contributed by atoms with van der Waals surface area (Å²) in [6.45, 7) is 2.93. The molecule has 0 aliphatic heterocycles. The van der Waals surface area contributed by atoms with Crippen molar-refractivity contribution in [3.8, 4) is 0 Å². The lowest BCUT2D eigenvalue weighted by Gasteiger charge is -2.18. The van der Waals surface area contributed by atoms with E-state index in [1.165, 1.54) is 6.07 Å².